The highest BCUT2D eigenvalue weighted by Gasteiger charge is 2.19. The summed E-state index contributed by atoms with van der Waals surface area (Å²) in [6, 6.07) is -1.12. The molecule has 5 heteroatoms. The van der Waals surface area contributed by atoms with Crippen LogP contribution in [-0.4, -0.2) is 29.6 Å². The monoisotopic (exact) mass is 216 g/mol. The Morgan fingerprint density at radius 1 is 1.47 bits per heavy atom. The van der Waals surface area contributed by atoms with Crippen molar-refractivity contribution in [2.24, 2.45) is 11.1 Å². The van der Waals surface area contributed by atoms with Crippen molar-refractivity contribution in [2.45, 2.75) is 39.7 Å². The van der Waals surface area contributed by atoms with Crippen molar-refractivity contribution in [3.8, 4) is 0 Å². The highest BCUT2D eigenvalue weighted by atomic mass is 16.4. The summed E-state index contributed by atoms with van der Waals surface area (Å²) in [6.45, 7) is 6.64. The summed E-state index contributed by atoms with van der Waals surface area (Å²) in [6.07, 6.45) is 0.771. The first-order valence-electron chi connectivity index (χ1n) is 5.03. The maximum atomic E-state index is 11.3. The van der Waals surface area contributed by atoms with E-state index < -0.39 is 12.0 Å². The van der Waals surface area contributed by atoms with Crippen LogP contribution < -0.4 is 11.1 Å². The first kappa shape index (κ1) is 13.9. The zero-order chi connectivity index (χ0) is 12.1. The van der Waals surface area contributed by atoms with E-state index in [-0.39, 0.29) is 17.7 Å². The van der Waals surface area contributed by atoms with Crippen molar-refractivity contribution >= 4 is 11.9 Å². The van der Waals surface area contributed by atoms with E-state index in [0.29, 0.717) is 6.54 Å². The number of carbonyl (C=O) groups is 2. The van der Waals surface area contributed by atoms with Gasteiger partial charge in [0, 0.05) is 6.54 Å². The number of nitrogens with one attached hydrogen (secondary N) is 1. The minimum absolute atomic E-state index is 0.0307. The molecule has 0 aromatic rings. The molecule has 0 fully saturated rings. The van der Waals surface area contributed by atoms with Gasteiger partial charge < -0.3 is 16.2 Å². The van der Waals surface area contributed by atoms with Crippen LogP contribution in [0.25, 0.3) is 0 Å². The number of carboxylic acids is 1. The van der Waals surface area contributed by atoms with Gasteiger partial charge in [-0.05, 0) is 11.8 Å². The van der Waals surface area contributed by atoms with Crippen molar-refractivity contribution in [3.63, 3.8) is 0 Å². The second-order valence-electron chi connectivity index (χ2n) is 4.44. The molecule has 0 radical (unpaired) electrons. The van der Waals surface area contributed by atoms with E-state index in [9.17, 15) is 9.59 Å². The predicted octanol–water partition coefficient (Wildman–Crippen LogP) is 0.341. The van der Waals surface area contributed by atoms with E-state index in [1.807, 2.05) is 20.8 Å². The van der Waals surface area contributed by atoms with Crippen LogP contribution in [0, 0.1) is 5.41 Å². The Kier molecular flexibility index (Phi) is 5.28. The van der Waals surface area contributed by atoms with Crippen molar-refractivity contribution in [3.05, 3.63) is 0 Å². The minimum atomic E-state index is -1.15. The zero-order valence-corrected chi connectivity index (χ0v) is 9.54. The molecule has 0 aliphatic rings. The van der Waals surface area contributed by atoms with Gasteiger partial charge in [-0.25, -0.2) is 0 Å². The largest absolute Gasteiger partial charge is 0.480 e. The van der Waals surface area contributed by atoms with Crippen molar-refractivity contribution in [1.82, 2.24) is 5.32 Å². The smallest absolute Gasteiger partial charge is 0.321 e. The van der Waals surface area contributed by atoms with E-state index in [2.05, 4.69) is 5.32 Å². The van der Waals surface area contributed by atoms with Crippen LogP contribution >= 0.6 is 0 Å². The van der Waals surface area contributed by atoms with Crippen molar-refractivity contribution in [2.75, 3.05) is 6.54 Å². The third kappa shape index (κ3) is 6.06. The Balaban J connectivity index is 3.91. The molecular weight excluding hydrogens is 196 g/mol. The fourth-order valence-corrected chi connectivity index (χ4v) is 0.822. The summed E-state index contributed by atoms with van der Waals surface area (Å²) in [5.74, 6) is -1.47. The van der Waals surface area contributed by atoms with Crippen molar-refractivity contribution in [1.29, 1.82) is 0 Å². The Hall–Kier alpha value is -1.10. The Morgan fingerprint density at radius 3 is 2.40 bits per heavy atom. The summed E-state index contributed by atoms with van der Waals surface area (Å²) in [5.41, 5.74) is 5.26. The molecule has 0 aromatic carbocycles. The van der Waals surface area contributed by atoms with E-state index in [1.54, 1.807) is 0 Å². The molecular formula is C10H20N2O3. The lowest BCUT2D eigenvalue weighted by molar-refractivity contribution is -0.140. The van der Waals surface area contributed by atoms with E-state index in [0.717, 1.165) is 6.42 Å². The molecule has 0 aromatic heterocycles. The number of hydrogen-bond acceptors (Lipinski definition) is 3. The van der Waals surface area contributed by atoms with E-state index in [1.165, 1.54) is 0 Å². The molecule has 88 valence electrons. The maximum Gasteiger partial charge on any atom is 0.321 e. The summed E-state index contributed by atoms with van der Waals surface area (Å²) in [4.78, 5) is 21.7. The Labute approximate surface area is 90.0 Å². The topological polar surface area (TPSA) is 92.4 Å². The van der Waals surface area contributed by atoms with Gasteiger partial charge in [0.25, 0.3) is 0 Å². The fraction of sp³-hybridized carbons (Fsp3) is 0.800. The second kappa shape index (κ2) is 5.70. The quantitative estimate of drug-likeness (QED) is 0.597. The van der Waals surface area contributed by atoms with Gasteiger partial charge in [-0.1, -0.05) is 20.8 Å². The van der Waals surface area contributed by atoms with Gasteiger partial charge in [-0.3, -0.25) is 9.59 Å². The van der Waals surface area contributed by atoms with Gasteiger partial charge in [-0.2, -0.15) is 0 Å². The maximum absolute atomic E-state index is 11.3. The molecule has 1 amide bonds. The molecule has 0 saturated heterocycles. The summed E-state index contributed by atoms with van der Waals surface area (Å²) in [5, 5.41) is 11.2. The van der Waals surface area contributed by atoms with Gasteiger partial charge in [-0.15, -0.1) is 0 Å². The molecule has 0 bridgehead atoms. The van der Waals surface area contributed by atoms with Crippen LogP contribution in [0.1, 0.15) is 33.6 Å². The number of carboxylic acid groups (broad SMARTS) is 1. The van der Waals surface area contributed by atoms with Gasteiger partial charge in [0.2, 0.25) is 5.91 Å². The summed E-state index contributed by atoms with van der Waals surface area (Å²) in [7, 11) is 0. The highest BCUT2D eigenvalue weighted by molar-refractivity contribution is 5.84. The zero-order valence-electron chi connectivity index (χ0n) is 9.54. The number of amides is 1. The van der Waals surface area contributed by atoms with E-state index >= 15 is 0 Å². The average molecular weight is 216 g/mol. The van der Waals surface area contributed by atoms with Gasteiger partial charge >= 0.3 is 5.97 Å². The van der Waals surface area contributed by atoms with Crippen LogP contribution in [-0.2, 0) is 9.59 Å². The number of nitrogens with two attached hydrogens (primary N) is 1. The molecule has 1 atom stereocenters. The van der Waals surface area contributed by atoms with Crippen molar-refractivity contribution < 1.29 is 14.7 Å². The highest BCUT2D eigenvalue weighted by Crippen LogP contribution is 2.17. The molecule has 0 aliphatic carbocycles. The van der Waals surface area contributed by atoms with Gasteiger partial charge in [0.05, 0.1) is 6.42 Å². The summed E-state index contributed by atoms with van der Waals surface area (Å²) < 4.78 is 0. The molecule has 1 unspecified atom stereocenters. The summed E-state index contributed by atoms with van der Waals surface area (Å²) >= 11 is 0. The van der Waals surface area contributed by atoms with Crippen LogP contribution in [0.15, 0.2) is 0 Å². The van der Waals surface area contributed by atoms with Gasteiger partial charge in [0.1, 0.15) is 6.04 Å². The van der Waals surface area contributed by atoms with Crippen LogP contribution in [0.3, 0.4) is 0 Å². The average Bonchev–Trinajstić information content (AvgIpc) is 2.15. The molecule has 5 nitrogen and oxygen atoms in total. The van der Waals surface area contributed by atoms with Crippen LogP contribution in [0.4, 0.5) is 0 Å². The molecule has 0 aliphatic heterocycles. The number of rotatable bonds is 6. The fourth-order valence-electron chi connectivity index (χ4n) is 0.822. The molecule has 4 N–H and O–H groups in total. The third-order valence-corrected chi connectivity index (χ3v) is 2.44. The first-order valence-corrected chi connectivity index (χ1v) is 5.03. The molecule has 15 heavy (non-hydrogen) atoms. The number of hydrogen-bond donors (Lipinski definition) is 3. The second-order valence-corrected chi connectivity index (χ2v) is 4.44. The number of aliphatic carboxylic acids is 1. The van der Waals surface area contributed by atoms with Crippen LogP contribution in [0.2, 0.25) is 0 Å². The third-order valence-electron chi connectivity index (χ3n) is 2.44. The Bertz CT molecular complexity index is 239. The lowest BCUT2D eigenvalue weighted by Crippen LogP contribution is -2.39. The minimum Gasteiger partial charge on any atom is -0.480 e. The first-order chi connectivity index (χ1) is 6.78. The molecule has 0 saturated carbocycles. The normalized spacial score (nSPS) is 13.3. The molecule has 0 heterocycles. The SMILES string of the molecule is CCC(C)(C)CNC(=O)CC(N)C(=O)O. The lowest BCUT2D eigenvalue weighted by Gasteiger charge is -2.23. The van der Waals surface area contributed by atoms with E-state index in [4.69, 9.17) is 10.8 Å². The predicted molar refractivity (Wildman–Crippen MR) is 57.3 cm³/mol. The Morgan fingerprint density at radius 2 is 2.00 bits per heavy atom. The molecule has 0 spiro atoms. The lowest BCUT2D eigenvalue weighted by atomic mass is 9.90. The standard InChI is InChI=1S/C10H20N2O3/c1-4-10(2,3)6-12-8(13)5-7(11)9(14)15/h7H,4-6,11H2,1-3H3,(H,12,13)(H,14,15). The number of carbonyl (C=O) groups excluding carboxylic acids is 1. The molecule has 0 rings (SSSR count). The van der Waals surface area contributed by atoms with Crippen LogP contribution in [0.5, 0.6) is 0 Å². The van der Waals surface area contributed by atoms with Gasteiger partial charge in [0.15, 0.2) is 0 Å².